The molecule has 0 bridgehead atoms. The number of nitrogens with two attached hydrogens (primary N) is 1. The molecule has 1 aromatic rings. The highest BCUT2D eigenvalue weighted by atomic mass is 79.9. The van der Waals surface area contributed by atoms with Crippen molar-refractivity contribution in [2.45, 2.75) is 12.8 Å². The lowest BCUT2D eigenvalue weighted by Crippen LogP contribution is -2.08. The molecule has 0 aromatic heterocycles. The summed E-state index contributed by atoms with van der Waals surface area (Å²) in [5.74, 6) is 5.27. The Balaban J connectivity index is 2.88. The van der Waals surface area contributed by atoms with Crippen molar-refractivity contribution in [3.8, 4) is 0 Å². The summed E-state index contributed by atoms with van der Waals surface area (Å²) in [6.07, 6.45) is 0. The molecule has 0 saturated carbocycles. The van der Waals surface area contributed by atoms with E-state index < -0.39 is 0 Å². The van der Waals surface area contributed by atoms with Crippen LogP contribution in [0.1, 0.15) is 18.4 Å². The van der Waals surface area contributed by atoms with Gasteiger partial charge in [-0.05, 0) is 17.7 Å². The number of hydrogen-bond donors (Lipinski definition) is 1. The highest BCUT2D eigenvalue weighted by Crippen LogP contribution is 2.27. The van der Waals surface area contributed by atoms with Crippen molar-refractivity contribution < 1.29 is 4.84 Å². The first kappa shape index (κ1) is 11.0. The minimum Gasteiger partial charge on any atom is -0.304 e. The van der Waals surface area contributed by atoms with Gasteiger partial charge < -0.3 is 4.84 Å². The van der Waals surface area contributed by atoms with Gasteiger partial charge in [-0.1, -0.05) is 40.5 Å². The third kappa shape index (κ3) is 2.95. The van der Waals surface area contributed by atoms with Gasteiger partial charge in [-0.2, -0.15) is 0 Å². The molecular weight excluding hydrogens is 253 g/mol. The molecule has 0 spiro atoms. The van der Waals surface area contributed by atoms with E-state index >= 15 is 0 Å². The van der Waals surface area contributed by atoms with Crippen molar-refractivity contribution in [3.63, 3.8) is 0 Å². The summed E-state index contributed by atoms with van der Waals surface area (Å²) in [6, 6.07) is 5.69. The van der Waals surface area contributed by atoms with Crippen LogP contribution in [0.4, 0.5) is 0 Å². The molecule has 72 valence electrons. The molecule has 13 heavy (non-hydrogen) atoms. The Kier molecular flexibility index (Phi) is 4.19. The number of halogens is 2. The number of hydrogen-bond acceptors (Lipinski definition) is 2. The molecule has 0 fully saturated rings. The Hall–Kier alpha value is -0.0900. The first-order valence-electron chi connectivity index (χ1n) is 3.91. The van der Waals surface area contributed by atoms with Gasteiger partial charge in [-0.3, -0.25) is 0 Å². The van der Waals surface area contributed by atoms with E-state index in [1.54, 1.807) is 0 Å². The molecule has 4 heteroatoms. The van der Waals surface area contributed by atoms with Crippen LogP contribution in [-0.2, 0) is 4.84 Å². The zero-order valence-corrected chi connectivity index (χ0v) is 9.60. The largest absolute Gasteiger partial charge is 0.304 e. The predicted molar refractivity (Wildman–Crippen MR) is 57.7 cm³/mol. The summed E-state index contributed by atoms with van der Waals surface area (Å²) in [6.45, 7) is 2.54. The molecule has 0 aliphatic rings. The first-order chi connectivity index (χ1) is 6.15. The smallest absolute Gasteiger partial charge is 0.0745 e. The van der Waals surface area contributed by atoms with Crippen LogP contribution < -0.4 is 5.90 Å². The highest BCUT2D eigenvalue weighted by Gasteiger charge is 2.09. The maximum atomic E-state index is 5.81. The van der Waals surface area contributed by atoms with E-state index in [1.165, 1.54) is 0 Å². The van der Waals surface area contributed by atoms with Gasteiger partial charge in [-0.25, -0.2) is 5.90 Å². The van der Waals surface area contributed by atoms with E-state index in [0.29, 0.717) is 6.61 Å². The van der Waals surface area contributed by atoms with Gasteiger partial charge in [-0.15, -0.1) is 0 Å². The fraction of sp³-hybridized carbons (Fsp3) is 0.333. The van der Waals surface area contributed by atoms with Crippen LogP contribution in [0.5, 0.6) is 0 Å². The number of rotatable bonds is 3. The quantitative estimate of drug-likeness (QED) is 0.852. The van der Waals surface area contributed by atoms with Crippen LogP contribution in [0.25, 0.3) is 0 Å². The summed E-state index contributed by atoms with van der Waals surface area (Å²) >= 11 is 9.25. The zero-order valence-electron chi connectivity index (χ0n) is 7.26. The van der Waals surface area contributed by atoms with Gasteiger partial charge in [0.05, 0.1) is 6.61 Å². The van der Waals surface area contributed by atoms with Gasteiger partial charge in [0.25, 0.3) is 0 Å². The van der Waals surface area contributed by atoms with E-state index in [-0.39, 0.29) is 5.92 Å². The molecule has 1 atom stereocenters. The van der Waals surface area contributed by atoms with Crippen molar-refractivity contribution >= 4 is 27.5 Å². The Bertz CT molecular complexity index is 293. The number of benzene rings is 1. The summed E-state index contributed by atoms with van der Waals surface area (Å²) in [4.78, 5) is 4.59. The van der Waals surface area contributed by atoms with Crippen molar-refractivity contribution in [2.75, 3.05) is 6.61 Å². The normalized spacial score (nSPS) is 12.9. The molecule has 0 saturated heterocycles. The monoisotopic (exact) mass is 263 g/mol. The Morgan fingerprint density at radius 1 is 1.62 bits per heavy atom. The van der Waals surface area contributed by atoms with Crippen molar-refractivity contribution in [2.24, 2.45) is 5.90 Å². The molecular formula is C9H11BrClNO. The van der Waals surface area contributed by atoms with E-state index in [1.807, 2.05) is 25.1 Å². The third-order valence-corrected chi connectivity index (χ3v) is 2.76. The third-order valence-electron chi connectivity index (χ3n) is 1.84. The SMILES string of the molecule is CC(CON)c1ccc(Cl)cc1Br. The van der Waals surface area contributed by atoms with Crippen LogP contribution in [0.15, 0.2) is 22.7 Å². The summed E-state index contributed by atoms with van der Waals surface area (Å²) in [5.41, 5.74) is 1.15. The van der Waals surface area contributed by atoms with Crippen LogP contribution in [0, 0.1) is 0 Å². The topological polar surface area (TPSA) is 35.2 Å². The minimum atomic E-state index is 0.261. The van der Waals surface area contributed by atoms with Gasteiger partial charge >= 0.3 is 0 Å². The Morgan fingerprint density at radius 3 is 2.85 bits per heavy atom. The van der Waals surface area contributed by atoms with Crippen molar-refractivity contribution in [1.82, 2.24) is 0 Å². The van der Waals surface area contributed by atoms with E-state index in [4.69, 9.17) is 17.5 Å². The average molecular weight is 265 g/mol. The molecule has 2 N–H and O–H groups in total. The molecule has 2 nitrogen and oxygen atoms in total. The molecule has 1 unspecified atom stereocenters. The molecule has 0 radical (unpaired) electrons. The van der Waals surface area contributed by atoms with Crippen LogP contribution >= 0.6 is 27.5 Å². The lowest BCUT2D eigenvalue weighted by molar-refractivity contribution is 0.126. The molecule has 0 amide bonds. The minimum absolute atomic E-state index is 0.261. The van der Waals surface area contributed by atoms with E-state index in [9.17, 15) is 0 Å². The lowest BCUT2D eigenvalue weighted by Gasteiger charge is -2.12. The standard InChI is InChI=1S/C9H11BrClNO/c1-6(5-13-12)8-3-2-7(11)4-9(8)10/h2-4,6H,5,12H2,1H3. The summed E-state index contributed by atoms with van der Waals surface area (Å²) in [5, 5.41) is 0.719. The second-order valence-corrected chi connectivity index (χ2v) is 4.19. The van der Waals surface area contributed by atoms with Gasteiger partial charge in [0.15, 0.2) is 0 Å². The maximum Gasteiger partial charge on any atom is 0.0745 e. The first-order valence-corrected chi connectivity index (χ1v) is 5.09. The van der Waals surface area contributed by atoms with Crippen LogP contribution in [0.3, 0.4) is 0 Å². The highest BCUT2D eigenvalue weighted by molar-refractivity contribution is 9.10. The summed E-state index contributed by atoms with van der Waals surface area (Å²) in [7, 11) is 0. The fourth-order valence-corrected chi connectivity index (χ4v) is 2.21. The van der Waals surface area contributed by atoms with E-state index in [0.717, 1.165) is 15.1 Å². The zero-order chi connectivity index (χ0) is 9.84. The van der Waals surface area contributed by atoms with Crippen molar-refractivity contribution in [3.05, 3.63) is 33.3 Å². The molecule has 0 aliphatic heterocycles. The maximum absolute atomic E-state index is 5.81. The second kappa shape index (κ2) is 4.96. The average Bonchev–Trinajstić information content (AvgIpc) is 2.04. The molecule has 1 rings (SSSR count). The molecule has 0 aliphatic carbocycles. The molecule has 0 heterocycles. The van der Waals surface area contributed by atoms with E-state index in [2.05, 4.69) is 20.8 Å². The lowest BCUT2D eigenvalue weighted by atomic mass is 10.0. The summed E-state index contributed by atoms with van der Waals surface area (Å²) < 4.78 is 0.990. The van der Waals surface area contributed by atoms with Crippen LogP contribution in [0.2, 0.25) is 5.02 Å². The Labute approximate surface area is 91.1 Å². The van der Waals surface area contributed by atoms with Crippen molar-refractivity contribution in [1.29, 1.82) is 0 Å². The van der Waals surface area contributed by atoms with Crippen LogP contribution in [-0.4, -0.2) is 6.61 Å². The van der Waals surface area contributed by atoms with Gasteiger partial charge in [0.1, 0.15) is 0 Å². The van der Waals surface area contributed by atoms with Gasteiger partial charge in [0, 0.05) is 15.4 Å². The van der Waals surface area contributed by atoms with Gasteiger partial charge in [0.2, 0.25) is 0 Å². The fourth-order valence-electron chi connectivity index (χ4n) is 1.14. The second-order valence-electron chi connectivity index (χ2n) is 2.90. The Morgan fingerprint density at radius 2 is 2.31 bits per heavy atom. The molecule has 1 aromatic carbocycles. The predicted octanol–water partition coefficient (Wildman–Crippen LogP) is 3.10.